The van der Waals surface area contributed by atoms with Crippen LogP contribution in [0.2, 0.25) is 0 Å². The summed E-state index contributed by atoms with van der Waals surface area (Å²) >= 11 is 0. The first kappa shape index (κ1) is 14.7. The fraction of sp³-hybridized carbons (Fsp3) is 0.333. The molecule has 1 atom stereocenters. The fourth-order valence-corrected chi connectivity index (χ4v) is 2.40. The zero-order chi connectivity index (χ0) is 14.5. The van der Waals surface area contributed by atoms with Gasteiger partial charge in [-0.3, -0.25) is 0 Å². The normalized spacial score (nSPS) is 12.4. The Hall–Kier alpha value is -1.67. The van der Waals surface area contributed by atoms with Crippen molar-refractivity contribution in [2.24, 2.45) is 0 Å². The minimum atomic E-state index is -0.140. The summed E-state index contributed by atoms with van der Waals surface area (Å²) in [5.74, 6) is -0.140. The van der Waals surface area contributed by atoms with E-state index in [4.69, 9.17) is 0 Å². The Kier molecular flexibility index (Phi) is 4.91. The van der Waals surface area contributed by atoms with E-state index in [0.717, 1.165) is 18.5 Å². The Labute approximate surface area is 120 Å². The lowest BCUT2D eigenvalue weighted by atomic mass is 9.97. The van der Waals surface area contributed by atoms with Crippen molar-refractivity contribution in [3.8, 4) is 0 Å². The summed E-state index contributed by atoms with van der Waals surface area (Å²) < 4.78 is 13.4. The van der Waals surface area contributed by atoms with E-state index in [-0.39, 0.29) is 11.9 Å². The van der Waals surface area contributed by atoms with Crippen molar-refractivity contribution >= 4 is 0 Å². The van der Waals surface area contributed by atoms with Crippen LogP contribution in [0.25, 0.3) is 0 Å². The predicted octanol–water partition coefficient (Wildman–Crippen LogP) is 4.34. The first-order valence-electron chi connectivity index (χ1n) is 7.15. The maximum absolute atomic E-state index is 13.4. The third-order valence-corrected chi connectivity index (χ3v) is 3.60. The largest absolute Gasteiger partial charge is 0.310 e. The van der Waals surface area contributed by atoms with Gasteiger partial charge in [0.1, 0.15) is 5.82 Å². The van der Waals surface area contributed by atoms with Crippen LogP contribution < -0.4 is 5.32 Å². The van der Waals surface area contributed by atoms with Crippen LogP contribution in [0.15, 0.2) is 42.5 Å². The summed E-state index contributed by atoms with van der Waals surface area (Å²) in [6.07, 6.45) is 0.916. The number of aryl methyl sites for hydroxylation is 2. The first-order chi connectivity index (χ1) is 9.60. The van der Waals surface area contributed by atoms with Crippen molar-refractivity contribution in [1.29, 1.82) is 0 Å². The van der Waals surface area contributed by atoms with E-state index >= 15 is 0 Å². The van der Waals surface area contributed by atoms with E-state index in [1.807, 2.05) is 19.1 Å². The van der Waals surface area contributed by atoms with Crippen LogP contribution in [0, 0.1) is 19.7 Å². The molecule has 0 bridgehead atoms. The number of hydrogen-bond donors (Lipinski definition) is 1. The van der Waals surface area contributed by atoms with E-state index in [9.17, 15) is 4.39 Å². The molecule has 0 saturated heterocycles. The van der Waals surface area contributed by atoms with Gasteiger partial charge < -0.3 is 5.32 Å². The van der Waals surface area contributed by atoms with Crippen LogP contribution in [0.4, 0.5) is 4.39 Å². The Morgan fingerprint density at radius 3 is 2.35 bits per heavy atom. The lowest BCUT2D eigenvalue weighted by Gasteiger charge is -2.19. The van der Waals surface area contributed by atoms with Gasteiger partial charge in [-0.15, -0.1) is 0 Å². The topological polar surface area (TPSA) is 12.0 Å². The average Bonchev–Trinajstić information content (AvgIpc) is 2.44. The van der Waals surface area contributed by atoms with Crippen molar-refractivity contribution in [1.82, 2.24) is 5.32 Å². The van der Waals surface area contributed by atoms with Gasteiger partial charge in [0.2, 0.25) is 0 Å². The molecule has 0 radical (unpaired) electrons. The maximum atomic E-state index is 13.4. The summed E-state index contributed by atoms with van der Waals surface area (Å²) in [7, 11) is 0. The molecule has 2 aromatic rings. The highest BCUT2D eigenvalue weighted by Gasteiger charge is 2.12. The van der Waals surface area contributed by atoms with E-state index < -0.39 is 0 Å². The molecule has 1 N–H and O–H groups in total. The van der Waals surface area contributed by atoms with Crippen LogP contribution >= 0.6 is 0 Å². The zero-order valence-electron chi connectivity index (χ0n) is 12.4. The van der Waals surface area contributed by atoms with Gasteiger partial charge >= 0.3 is 0 Å². The summed E-state index contributed by atoms with van der Waals surface area (Å²) in [5.41, 5.74) is 4.41. The standard InChI is InChI=1S/C18H22FN/c1-4-20-18(12-15-7-5-13(2)6-8-15)16-9-10-17(19)14(3)11-16/h5-11,18,20H,4,12H2,1-3H3. The molecule has 0 fully saturated rings. The van der Waals surface area contributed by atoms with Crippen LogP contribution in [0.5, 0.6) is 0 Å². The van der Waals surface area contributed by atoms with Crippen molar-refractivity contribution in [3.63, 3.8) is 0 Å². The van der Waals surface area contributed by atoms with Gasteiger partial charge in [0, 0.05) is 6.04 Å². The maximum Gasteiger partial charge on any atom is 0.126 e. The minimum Gasteiger partial charge on any atom is -0.310 e. The predicted molar refractivity (Wildman–Crippen MR) is 82.4 cm³/mol. The molecular formula is C18H22FN. The van der Waals surface area contributed by atoms with Gasteiger partial charge in [-0.25, -0.2) is 4.39 Å². The number of rotatable bonds is 5. The molecule has 0 aliphatic heterocycles. The lowest BCUT2D eigenvalue weighted by Crippen LogP contribution is -2.23. The molecule has 2 aromatic carbocycles. The van der Waals surface area contributed by atoms with Crippen LogP contribution in [-0.4, -0.2) is 6.54 Å². The van der Waals surface area contributed by atoms with Crippen LogP contribution in [0.3, 0.4) is 0 Å². The van der Waals surface area contributed by atoms with Gasteiger partial charge in [0.25, 0.3) is 0 Å². The molecule has 1 unspecified atom stereocenters. The molecule has 2 heteroatoms. The number of halogens is 1. The minimum absolute atomic E-state index is 0.140. The second kappa shape index (κ2) is 6.67. The van der Waals surface area contributed by atoms with Crippen molar-refractivity contribution in [2.45, 2.75) is 33.2 Å². The van der Waals surface area contributed by atoms with Gasteiger partial charge in [0.05, 0.1) is 0 Å². The van der Waals surface area contributed by atoms with Crippen molar-refractivity contribution in [3.05, 3.63) is 70.5 Å². The highest BCUT2D eigenvalue weighted by atomic mass is 19.1. The Morgan fingerprint density at radius 2 is 1.75 bits per heavy atom. The second-order valence-electron chi connectivity index (χ2n) is 5.31. The van der Waals surface area contributed by atoms with Gasteiger partial charge in [-0.1, -0.05) is 48.9 Å². The fourth-order valence-electron chi connectivity index (χ4n) is 2.40. The summed E-state index contributed by atoms with van der Waals surface area (Å²) in [5, 5.41) is 3.49. The van der Waals surface area contributed by atoms with Crippen LogP contribution in [0.1, 0.15) is 35.2 Å². The van der Waals surface area contributed by atoms with E-state index in [2.05, 4.69) is 43.4 Å². The molecule has 20 heavy (non-hydrogen) atoms. The second-order valence-corrected chi connectivity index (χ2v) is 5.31. The van der Waals surface area contributed by atoms with E-state index in [0.29, 0.717) is 5.56 Å². The molecule has 0 aliphatic carbocycles. The SMILES string of the molecule is CCNC(Cc1ccc(C)cc1)c1ccc(F)c(C)c1. The molecule has 106 valence electrons. The lowest BCUT2D eigenvalue weighted by molar-refractivity contribution is 0.546. The van der Waals surface area contributed by atoms with Gasteiger partial charge in [-0.2, -0.15) is 0 Å². The number of hydrogen-bond acceptors (Lipinski definition) is 1. The van der Waals surface area contributed by atoms with Gasteiger partial charge in [0.15, 0.2) is 0 Å². The Balaban J connectivity index is 2.21. The van der Waals surface area contributed by atoms with Crippen molar-refractivity contribution in [2.75, 3.05) is 6.54 Å². The zero-order valence-corrected chi connectivity index (χ0v) is 12.4. The van der Waals surface area contributed by atoms with E-state index in [1.165, 1.54) is 11.1 Å². The molecule has 1 nitrogen and oxygen atoms in total. The first-order valence-corrected chi connectivity index (χ1v) is 7.15. The molecule has 0 saturated carbocycles. The third kappa shape index (κ3) is 3.67. The summed E-state index contributed by atoms with van der Waals surface area (Å²) in [6.45, 7) is 6.90. The average molecular weight is 271 g/mol. The van der Waals surface area contributed by atoms with Crippen molar-refractivity contribution < 1.29 is 4.39 Å². The molecule has 0 aliphatic rings. The molecule has 0 heterocycles. The third-order valence-electron chi connectivity index (χ3n) is 3.60. The highest BCUT2D eigenvalue weighted by molar-refractivity contribution is 5.29. The molecule has 2 rings (SSSR count). The molecule has 0 aromatic heterocycles. The quantitative estimate of drug-likeness (QED) is 0.853. The summed E-state index contributed by atoms with van der Waals surface area (Å²) in [4.78, 5) is 0. The number of benzene rings is 2. The Morgan fingerprint density at radius 1 is 1.05 bits per heavy atom. The van der Waals surface area contributed by atoms with Crippen LogP contribution in [-0.2, 0) is 6.42 Å². The number of likely N-dealkylation sites (N-methyl/N-ethyl adjacent to an activating group) is 1. The monoisotopic (exact) mass is 271 g/mol. The molecule has 0 amide bonds. The number of nitrogens with one attached hydrogen (secondary N) is 1. The molecule has 0 spiro atoms. The highest BCUT2D eigenvalue weighted by Crippen LogP contribution is 2.21. The van der Waals surface area contributed by atoms with E-state index in [1.54, 1.807) is 6.07 Å². The summed E-state index contributed by atoms with van der Waals surface area (Å²) in [6, 6.07) is 14.2. The Bertz CT molecular complexity index is 560. The molecular weight excluding hydrogens is 249 g/mol. The van der Waals surface area contributed by atoms with Gasteiger partial charge in [-0.05, 0) is 49.6 Å². The smallest absolute Gasteiger partial charge is 0.126 e.